The molecule has 0 bridgehead atoms. The van der Waals surface area contributed by atoms with Crippen LogP contribution in [0.3, 0.4) is 0 Å². The zero-order valence-corrected chi connectivity index (χ0v) is 24.3. The third-order valence-corrected chi connectivity index (χ3v) is 9.60. The van der Waals surface area contributed by atoms with E-state index in [0.29, 0.717) is 0 Å². The van der Waals surface area contributed by atoms with Crippen molar-refractivity contribution < 1.29 is 48.6 Å². The predicted octanol–water partition coefficient (Wildman–Crippen LogP) is -1.09. The fourth-order valence-electron chi connectivity index (χ4n) is 4.90. The first-order valence-electron chi connectivity index (χ1n) is 11.7. The molecule has 4 rings (SSSR count). The molecule has 0 saturated carbocycles. The molecule has 2 saturated heterocycles. The summed E-state index contributed by atoms with van der Waals surface area (Å²) in [6.45, 7) is 2.53. The van der Waals surface area contributed by atoms with E-state index < -0.39 is 78.0 Å². The van der Waals surface area contributed by atoms with Crippen molar-refractivity contribution in [3.05, 3.63) is 63.1 Å². The van der Waals surface area contributed by atoms with Gasteiger partial charge in [-0.3, -0.25) is 25.1 Å². The van der Waals surface area contributed by atoms with Crippen molar-refractivity contribution in [1.82, 2.24) is 14.1 Å². The minimum Gasteiger partial charge on any atom is -0.363 e. The number of carbonyl (C=O) groups is 2. The second kappa shape index (κ2) is 9.97. The summed E-state index contributed by atoms with van der Waals surface area (Å²) in [5.74, 6) is -11.7. The van der Waals surface area contributed by atoms with Gasteiger partial charge in [0, 0.05) is 22.5 Å². The maximum atomic E-state index is 14.0. The number of fused-ring (bicyclic) bond motifs is 1. The number of rotatable bonds is 5. The first-order chi connectivity index (χ1) is 18.6. The minimum atomic E-state index is -5.53. The number of amides is 2. The third-order valence-electron chi connectivity index (χ3n) is 6.80. The van der Waals surface area contributed by atoms with Gasteiger partial charge in [0.05, 0.1) is 5.02 Å². The molecule has 2 aromatic carbocycles. The molecule has 2 aliphatic rings. The van der Waals surface area contributed by atoms with Crippen molar-refractivity contribution in [1.29, 1.82) is 0 Å². The van der Waals surface area contributed by atoms with Crippen LogP contribution < -0.4 is 5.73 Å². The van der Waals surface area contributed by atoms with Crippen molar-refractivity contribution in [2.75, 3.05) is 0 Å². The average Bonchev–Trinajstić information content (AvgIpc) is 2.82. The van der Waals surface area contributed by atoms with Crippen molar-refractivity contribution >= 4 is 56.6 Å². The Kier molecular flexibility index (Phi) is 7.74. The number of hydrogen-bond acceptors (Lipinski definition) is 11. The van der Waals surface area contributed by atoms with Gasteiger partial charge in [-0.1, -0.05) is 46.9 Å². The Hall–Kier alpha value is -2.12. The van der Waals surface area contributed by atoms with Crippen LogP contribution in [0.4, 0.5) is 0 Å². The van der Waals surface area contributed by atoms with Crippen molar-refractivity contribution in [2.24, 2.45) is 5.73 Å². The normalized spacial score (nSPS) is 28.3. The Morgan fingerprint density at radius 3 is 1.95 bits per heavy atom. The van der Waals surface area contributed by atoms with Gasteiger partial charge in [0.25, 0.3) is 39.4 Å². The minimum absolute atomic E-state index is 0.0377. The van der Waals surface area contributed by atoms with E-state index in [1.807, 2.05) is 0 Å². The number of carbonyl (C=O) groups excluding carboxylic acids is 2. The highest BCUT2D eigenvalue weighted by Gasteiger charge is 2.78. The van der Waals surface area contributed by atoms with E-state index in [4.69, 9.17) is 40.5 Å². The second-order valence-electron chi connectivity index (χ2n) is 9.90. The highest BCUT2D eigenvalue weighted by atomic mass is 35.5. The number of nitrogens with zero attached hydrogens (tertiary/aromatic N) is 3. The lowest BCUT2D eigenvalue weighted by atomic mass is 9.89. The number of halogens is 3. The lowest BCUT2D eigenvalue weighted by Crippen LogP contribution is -2.93. The van der Waals surface area contributed by atoms with Gasteiger partial charge < -0.3 is 30.6 Å². The number of aliphatic hydroxyl groups is 6. The van der Waals surface area contributed by atoms with E-state index in [2.05, 4.69) is 0 Å². The van der Waals surface area contributed by atoms with Crippen LogP contribution in [0.1, 0.15) is 19.4 Å². The Bertz CT molecular complexity index is 1520. The monoisotopic (exact) mass is 654 g/mol. The van der Waals surface area contributed by atoms with Gasteiger partial charge in [-0.15, -0.1) is 4.31 Å². The average molecular weight is 656 g/mol. The van der Waals surface area contributed by atoms with Crippen LogP contribution in [0.25, 0.3) is 0 Å². The summed E-state index contributed by atoms with van der Waals surface area (Å²) in [5, 5.41) is 67.1. The molecule has 2 aliphatic heterocycles. The molecule has 2 heterocycles. The van der Waals surface area contributed by atoms with Crippen LogP contribution in [0.15, 0.2) is 47.4 Å². The molecule has 14 nitrogen and oxygen atoms in total. The molecule has 0 aromatic heterocycles. The number of sulfonamides is 1. The molecule has 3 unspecified atom stereocenters. The fraction of sp³-hybridized carbons (Fsp3) is 0.391. The number of benzene rings is 2. The van der Waals surface area contributed by atoms with E-state index in [1.54, 1.807) is 0 Å². The van der Waals surface area contributed by atoms with Crippen LogP contribution in [0.5, 0.6) is 0 Å². The summed E-state index contributed by atoms with van der Waals surface area (Å²) in [4.78, 5) is 26.5. The molecule has 0 radical (unpaired) electrons. The maximum absolute atomic E-state index is 14.0. The molecule has 0 spiro atoms. The van der Waals surface area contributed by atoms with Crippen molar-refractivity contribution in [2.45, 2.75) is 60.6 Å². The first-order valence-corrected chi connectivity index (χ1v) is 14.3. The fourth-order valence-corrected chi connectivity index (χ4v) is 7.46. The highest BCUT2D eigenvalue weighted by Crippen LogP contribution is 2.48. The van der Waals surface area contributed by atoms with E-state index in [1.165, 1.54) is 38.1 Å². The summed E-state index contributed by atoms with van der Waals surface area (Å²) < 4.78 is 27.5. The number of nitrogens with two attached hydrogens (primary N) is 1. The molecule has 41 heavy (non-hydrogen) atoms. The van der Waals surface area contributed by atoms with Gasteiger partial charge in [-0.2, -0.15) is 0 Å². The van der Waals surface area contributed by atoms with Gasteiger partial charge in [0.1, 0.15) is 4.90 Å². The van der Waals surface area contributed by atoms with Crippen molar-refractivity contribution in [3.8, 4) is 0 Å². The number of hydrogen-bond donors (Lipinski definition) is 7. The lowest BCUT2D eigenvalue weighted by Gasteiger charge is -2.64. The molecule has 18 heteroatoms. The third kappa shape index (κ3) is 4.61. The van der Waals surface area contributed by atoms with E-state index in [-0.39, 0.29) is 25.4 Å². The van der Waals surface area contributed by atoms with Gasteiger partial charge in [0.2, 0.25) is 5.72 Å². The molecule has 2 amide bonds. The first kappa shape index (κ1) is 31.8. The Morgan fingerprint density at radius 1 is 0.902 bits per heavy atom. The predicted molar refractivity (Wildman–Crippen MR) is 142 cm³/mol. The molecular weight excluding hydrogens is 631 g/mol. The van der Waals surface area contributed by atoms with Crippen LogP contribution >= 0.6 is 34.8 Å². The quantitative estimate of drug-likeness (QED) is 0.192. The topological polar surface area (TPSA) is 225 Å². The van der Waals surface area contributed by atoms with Crippen molar-refractivity contribution in [3.63, 3.8) is 0 Å². The summed E-state index contributed by atoms with van der Waals surface area (Å²) in [6, 6.07) is 7.04. The molecule has 224 valence electrons. The van der Waals surface area contributed by atoms with Gasteiger partial charge in [-0.25, -0.2) is 8.42 Å². The van der Waals surface area contributed by atoms with E-state index in [9.17, 15) is 48.6 Å². The van der Waals surface area contributed by atoms with E-state index >= 15 is 0 Å². The summed E-state index contributed by atoms with van der Waals surface area (Å²) in [6.07, 6.45) is -3.77. The van der Waals surface area contributed by atoms with Crippen LogP contribution in [-0.2, 0) is 26.0 Å². The summed E-state index contributed by atoms with van der Waals surface area (Å²) in [5.41, 5.74) is -1.49. The Labute approximate surface area is 248 Å². The van der Waals surface area contributed by atoms with Gasteiger partial charge in [-0.05, 0) is 49.7 Å². The zero-order chi connectivity index (χ0) is 31.1. The van der Waals surface area contributed by atoms with Crippen LogP contribution in [0, 0.1) is 0 Å². The van der Waals surface area contributed by atoms with Gasteiger partial charge in [0.15, 0.2) is 6.17 Å². The van der Waals surface area contributed by atoms with E-state index in [0.717, 1.165) is 18.2 Å². The molecule has 0 aliphatic carbocycles. The SMILES string of the molecule is CC(C)N1C(=O)C(O)(Cc2ccc(Cl)cc2)N2C(=O)C(N)(O)C(O)(O)N(S(=O)(=O)c3ccc(Cl)cc3Cl)C2C1(O)O. The van der Waals surface area contributed by atoms with Crippen LogP contribution in [0.2, 0.25) is 15.1 Å². The molecule has 2 aromatic rings. The Balaban J connectivity index is 2.07. The van der Waals surface area contributed by atoms with Crippen LogP contribution in [-0.4, -0.2) is 100 Å². The summed E-state index contributed by atoms with van der Waals surface area (Å²) >= 11 is 17.8. The standard InChI is InChI=1S/C23H25Cl3N4O10S/c1-11(2)28-18(31)20(33,10-12-3-5-13(24)6-4-12)29-17(22(28,35)36)30(23(37,38)21(27,34)19(29)32)41(39,40)16-8-7-14(25)9-15(16)26/h3-9,11,17,33-38H,10,27H2,1-2H3. The second-order valence-corrected chi connectivity index (χ2v) is 13.0. The summed E-state index contributed by atoms with van der Waals surface area (Å²) in [7, 11) is -5.53. The largest absolute Gasteiger partial charge is 0.363 e. The molecule has 2 fully saturated rings. The molecular formula is C23H25Cl3N4O10S. The highest BCUT2D eigenvalue weighted by molar-refractivity contribution is 7.89. The number of piperazine rings is 1. The Morgan fingerprint density at radius 2 is 1.44 bits per heavy atom. The zero-order valence-electron chi connectivity index (χ0n) is 21.2. The van der Waals surface area contributed by atoms with Gasteiger partial charge >= 0.3 is 0 Å². The smallest absolute Gasteiger partial charge is 0.294 e. The molecule has 8 N–H and O–H groups in total. The lowest BCUT2D eigenvalue weighted by molar-refractivity contribution is -0.418. The molecule has 3 atom stereocenters. The maximum Gasteiger partial charge on any atom is 0.294 e.